The van der Waals surface area contributed by atoms with Crippen LogP contribution in [-0.2, 0) is 4.79 Å². The molecular weight excluding hydrogens is 432 g/mol. The van der Waals surface area contributed by atoms with Crippen LogP contribution in [0.5, 0.6) is 5.75 Å². The van der Waals surface area contributed by atoms with Crippen LogP contribution in [0.4, 0.5) is 23.4 Å². The van der Waals surface area contributed by atoms with Gasteiger partial charge in [-0.3, -0.25) is 4.79 Å². The second-order valence-electron chi connectivity index (χ2n) is 7.43. The summed E-state index contributed by atoms with van der Waals surface area (Å²) < 4.78 is 52.1. The zero-order valence-corrected chi connectivity index (χ0v) is 16.5. The maximum atomic E-state index is 14.0. The molecule has 5 N–H and O–H groups in total. The smallest absolute Gasteiger partial charge is 0.411 e. The van der Waals surface area contributed by atoms with Crippen LogP contribution in [0.2, 0.25) is 0 Å². The van der Waals surface area contributed by atoms with Gasteiger partial charge in [-0.2, -0.15) is 19.1 Å². The normalized spacial score (nSPS) is 18.8. The molecule has 4 rings (SSSR count). The Labute approximate surface area is 179 Å². The summed E-state index contributed by atoms with van der Waals surface area (Å²) in [5.74, 6) is 3.44. The molecule has 0 radical (unpaired) electrons. The average molecular weight is 450 g/mol. The van der Waals surface area contributed by atoms with Gasteiger partial charge in [0, 0.05) is 18.4 Å². The number of amides is 1. The summed E-state index contributed by atoms with van der Waals surface area (Å²) in [5, 5.41) is 2.18. The highest BCUT2D eigenvalue weighted by Gasteiger charge is 2.45. The van der Waals surface area contributed by atoms with Crippen LogP contribution in [0.25, 0.3) is 22.3 Å². The van der Waals surface area contributed by atoms with Crippen molar-refractivity contribution in [2.45, 2.75) is 18.3 Å². The standard InChI is InChI=1S/C20H18F4N6O2/c21-11-5-6-14-13(9-11)17(28-16(27-14)12-3-1-2-4-15(12)32-26)30-8-7-19(25,10-30)29-18(31)20(22,23)24/h1-6,9H,7-8,10,25-26H2,(H,29,31)/t19-/m0/s1. The summed E-state index contributed by atoms with van der Waals surface area (Å²) in [6.45, 7) is -0.00232. The number of anilines is 1. The van der Waals surface area contributed by atoms with Crippen LogP contribution in [0.15, 0.2) is 42.5 Å². The summed E-state index contributed by atoms with van der Waals surface area (Å²) in [4.78, 5) is 26.8. The van der Waals surface area contributed by atoms with Crippen LogP contribution in [0, 0.1) is 5.82 Å². The van der Waals surface area contributed by atoms with Crippen LogP contribution in [0.3, 0.4) is 0 Å². The molecule has 1 aliphatic rings. The molecule has 1 amide bonds. The van der Waals surface area contributed by atoms with Gasteiger partial charge in [0.1, 0.15) is 17.3 Å². The van der Waals surface area contributed by atoms with E-state index in [-0.39, 0.29) is 31.2 Å². The number of para-hydroxylation sites is 1. The number of alkyl halides is 3. The Kier molecular flexibility index (Phi) is 5.34. The quantitative estimate of drug-likeness (QED) is 0.317. The van der Waals surface area contributed by atoms with Gasteiger partial charge in [0.2, 0.25) is 0 Å². The Morgan fingerprint density at radius 2 is 1.94 bits per heavy atom. The molecule has 168 valence electrons. The maximum absolute atomic E-state index is 14.0. The van der Waals surface area contributed by atoms with Crippen molar-refractivity contribution in [2.24, 2.45) is 11.6 Å². The van der Waals surface area contributed by atoms with Gasteiger partial charge in [0.05, 0.1) is 17.6 Å². The Morgan fingerprint density at radius 3 is 2.66 bits per heavy atom. The molecule has 1 saturated heterocycles. The molecule has 32 heavy (non-hydrogen) atoms. The van der Waals surface area contributed by atoms with Gasteiger partial charge in [-0.25, -0.2) is 14.4 Å². The van der Waals surface area contributed by atoms with Gasteiger partial charge in [0.15, 0.2) is 11.6 Å². The van der Waals surface area contributed by atoms with Gasteiger partial charge >= 0.3 is 12.1 Å². The van der Waals surface area contributed by atoms with E-state index < -0.39 is 23.6 Å². The van der Waals surface area contributed by atoms with Crippen molar-refractivity contribution >= 4 is 22.6 Å². The number of halogens is 4. The van der Waals surface area contributed by atoms with Crippen molar-refractivity contribution in [3.8, 4) is 17.1 Å². The van der Waals surface area contributed by atoms with Crippen LogP contribution < -0.4 is 26.7 Å². The minimum absolute atomic E-state index is 0.0213. The van der Waals surface area contributed by atoms with E-state index in [1.54, 1.807) is 29.2 Å². The first-order chi connectivity index (χ1) is 15.1. The van der Waals surface area contributed by atoms with Gasteiger partial charge in [0.25, 0.3) is 0 Å². The van der Waals surface area contributed by atoms with Crippen molar-refractivity contribution in [3.05, 3.63) is 48.3 Å². The van der Waals surface area contributed by atoms with E-state index in [4.69, 9.17) is 16.5 Å². The van der Waals surface area contributed by atoms with E-state index in [2.05, 4.69) is 9.97 Å². The second-order valence-corrected chi connectivity index (χ2v) is 7.43. The summed E-state index contributed by atoms with van der Waals surface area (Å²) >= 11 is 0. The molecule has 1 fully saturated rings. The van der Waals surface area contributed by atoms with E-state index in [0.29, 0.717) is 22.2 Å². The number of carbonyl (C=O) groups is 1. The van der Waals surface area contributed by atoms with Gasteiger partial charge in [-0.1, -0.05) is 12.1 Å². The number of hydrogen-bond donors (Lipinski definition) is 3. The molecule has 1 aliphatic heterocycles. The zero-order chi connectivity index (χ0) is 23.1. The summed E-state index contributed by atoms with van der Waals surface area (Å²) in [6, 6.07) is 10.6. The second kappa shape index (κ2) is 7.88. The third-order valence-corrected chi connectivity index (χ3v) is 5.11. The molecular formula is C20H18F4N6O2. The first kappa shape index (κ1) is 21.7. The largest absolute Gasteiger partial charge is 0.471 e. The van der Waals surface area contributed by atoms with Gasteiger partial charge in [-0.05, 0) is 30.3 Å². The molecule has 3 aromatic rings. The molecule has 0 unspecified atom stereocenters. The fourth-order valence-electron chi connectivity index (χ4n) is 3.61. The number of aromatic nitrogens is 2. The van der Waals surface area contributed by atoms with Crippen molar-refractivity contribution in [1.29, 1.82) is 0 Å². The van der Waals surface area contributed by atoms with Crippen LogP contribution in [0.1, 0.15) is 6.42 Å². The highest BCUT2D eigenvalue weighted by atomic mass is 19.4. The lowest BCUT2D eigenvalue weighted by molar-refractivity contribution is -0.175. The van der Waals surface area contributed by atoms with Gasteiger partial charge < -0.3 is 20.8 Å². The van der Waals surface area contributed by atoms with E-state index in [1.165, 1.54) is 18.2 Å². The highest BCUT2D eigenvalue weighted by molar-refractivity contribution is 5.92. The Bertz CT molecular complexity index is 1190. The molecule has 0 aliphatic carbocycles. The van der Waals surface area contributed by atoms with E-state index in [1.807, 2.05) is 5.32 Å². The lowest BCUT2D eigenvalue weighted by Crippen LogP contribution is -2.60. The van der Waals surface area contributed by atoms with Crippen LogP contribution in [-0.4, -0.2) is 40.8 Å². The lowest BCUT2D eigenvalue weighted by atomic mass is 10.1. The lowest BCUT2D eigenvalue weighted by Gasteiger charge is -2.27. The number of nitrogens with zero attached hydrogens (tertiary/aromatic N) is 3. The third-order valence-electron chi connectivity index (χ3n) is 5.11. The average Bonchev–Trinajstić information content (AvgIpc) is 3.13. The molecule has 0 saturated carbocycles. The number of fused-ring (bicyclic) bond motifs is 1. The van der Waals surface area contributed by atoms with Crippen molar-refractivity contribution < 1.29 is 27.2 Å². The fraction of sp³-hybridized carbons (Fsp3) is 0.250. The highest BCUT2D eigenvalue weighted by Crippen LogP contribution is 2.34. The molecule has 8 nitrogen and oxygen atoms in total. The first-order valence-electron chi connectivity index (χ1n) is 9.46. The molecule has 2 heterocycles. The van der Waals surface area contributed by atoms with Crippen molar-refractivity contribution in [1.82, 2.24) is 15.3 Å². The van der Waals surface area contributed by atoms with Crippen molar-refractivity contribution in [3.63, 3.8) is 0 Å². The fourth-order valence-corrected chi connectivity index (χ4v) is 3.61. The molecule has 1 aromatic heterocycles. The Balaban J connectivity index is 1.77. The molecule has 0 bridgehead atoms. The summed E-state index contributed by atoms with van der Waals surface area (Å²) in [6.07, 6.45) is -5.04. The predicted octanol–water partition coefficient (Wildman–Crippen LogP) is 2.23. The molecule has 1 atom stereocenters. The van der Waals surface area contributed by atoms with Crippen molar-refractivity contribution in [2.75, 3.05) is 18.0 Å². The number of nitrogens with one attached hydrogen (secondary N) is 1. The number of hydrogen-bond acceptors (Lipinski definition) is 7. The molecule has 12 heteroatoms. The maximum Gasteiger partial charge on any atom is 0.471 e. The number of carbonyl (C=O) groups excluding carboxylic acids is 1. The van der Waals surface area contributed by atoms with E-state index in [0.717, 1.165) is 0 Å². The molecule has 2 aromatic carbocycles. The summed E-state index contributed by atoms with van der Waals surface area (Å²) in [7, 11) is 0. The van der Waals surface area contributed by atoms with E-state index in [9.17, 15) is 22.4 Å². The van der Waals surface area contributed by atoms with Crippen LogP contribution >= 0.6 is 0 Å². The van der Waals surface area contributed by atoms with Gasteiger partial charge in [-0.15, -0.1) is 0 Å². The predicted molar refractivity (Wildman–Crippen MR) is 108 cm³/mol. The Hall–Kier alpha value is -3.51. The number of rotatable bonds is 4. The zero-order valence-electron chi connectivity index (χ0n) is 16.5. The first-order valence-corrected chi connectivity index (χ1v) is 9.46. The summed E-state index contributed by atoms with van der Waals surface area (Å²) in [5.41, 5.74) is 5.24. The third kappa shape index (κ3) is 4.14. The monoisotopic (exact) mass is 450 g/mol. The van der Waals surface area contributed by atoms with E-state index >= 15 is 0 Å². The minimum Gasteiger partial charge on any atom is -0.411 e. The number of benzene rings is 2. The molecule has 0 spiro atoms. The topological polar surface area (TPSA) is 119 Å². The number of nitrogens with two attached hydrogens (primary N) is 2. The SMILES string of the molecule is NOc1ccccc1-c1nc(N2CC[C@](N)(NC(=O)C(F)(F)F)C2)c2cc(F)ccc2n1. The Morgan fingerprint density at radius 1 is 1.19 bits per heavy atom. The minimum atomic E-state index is -5.07.